The molecule has 136 valence electrons. The lowest BCUT2D eigenvalue weighted by molar-refractivity contribution is 0.0698. The van der Waals surface area contributed by atoms with Crippen LogP contribution in [0.1, 0.15) is 22.3 Å². The molecule has 4 rings (SSSR count). The first kappa shape index (κ1) is 17.5. The van der Waals surface area contributed by atoms with E-state index in [0.29, 0.717) is 23.9 Å². The number of rotatable bonds is 4. The maximum atomic E-state index is 11.6. The van der Waals surface area contributed by atoms with E-state index in [-0.39, 0.29) is 5.56 Å². The molecule has 1 aliphatic heterocycles. The molecule has 6 heteroatoms. The lowest BCUT2D eigenvalue weighted by Crippen LogP contribution is -2.08. The van der Waals surface area contributed by atoms with Gasteiger partial charge in [0.25, 0.3) is 0 Å². The molecule has 0 spiro atoms. The third kappa shape index (κ3) is 3.52. The lowest BCUT2D eigenvalue weighted by Gasteiger charge is -2.20. The Morgan fingerprint density at radius 3 is 2.85 bits per heavy atom. The number of carboxylic acid groups (broad SMARTS) is 1. The number of halogens is 1. The van der Waals surface area contributed by atoms with E-state index < -0.39 is 5.97 Å². The number of fused-ring (bicyclic) bond motifs is 1. The summed E-state index contributed by atoms with van der Waals surface area (Å²) in [6, 6.07) is 12.3. The molecule has 0 aliphatic carbocycles. The van der Waals surface area contributed by atoms with E-state index in [0.717, 1.165) is 34.1 Å². The normalized spacial score (nSPS) is 14.0. The molecule has 0 saturated heterocycles. The van der Waals surface area contributed by atoms with Crippen LogP contribution in [0.4, 0.5) is 11.4 Å². The van der Waals surface area contributed by atoms with Gasteiger partial charge >= 0.3 is 5.97 Å². The van der Waals surface area contributed by atoms with Gasteiger partial charge in [-0.2, -0.15) is 0 Å². The number of benzene rings is 2. The molecule has 0 fully saturated rings. The number of nitrogens with one attached hydrogen (secondary N) is 1. The van der Waals surface area contributed by atoms with E-state index in [2.05, 4.69) is 10.3 Å². The second-order valence-electron chi connectivity index (χ2n) is 6.24. The zero-order valence-corrected chi connectivity index (χ0v) is 15.2. The third-order valence-electron chi connectivity index (χ3n) is 4.56. The molecular weight excluding hydrogens is 364 g/mol. The first-order chi connectivity index (χ1) is 13.1. The molecule has 0 unspecified atom stereocenters. The minimum absolute atomic E-state index is 0.205. The van der Waals surface area contributed by atoms with E-state index in [9.17, 15) is 9.90 Å². The highest BCUT2D eigenvalue weighted by molar-refractivity contribution is 6.31. The zero-order chi connectivity index (χ0) is 18.8. The molecule has 5 nitrogen and oxygen atoms in total. The average molecular weight is 381 g/mol. The Balaban J connectivity index is 1.92. The standard InChI is InChI=1S/C21H17ClN2O3/c22-14-5-6-18-16(11-14)20(17(12-23-18)13-7-9-27-10-8-13)24-19-4-2-1-3-15(19)21(25)26/h1-7,11-12H,8-10H2,(H,23,24)(H,25,26). The number of ether oxygens (including phenoxy) is 1. The Morgan fingerprint density at radius 1 is 1.22 bits per heavy atom. The fraction of sp³-hybridized carbons (Fsp3) is 0.143. The Bertz CT molecular complexity index is 1060. The van der Waals surface area contributed by atoms with Crippen molar-refractivity contribution in [2.45, 2.75) is 6.42 Å². The molecule has 0 radical (unpaired) electrons. The minimum Gasteiger partial charge on any atom is -0.478 e. The third-order valence-corrected chi connectivity index (χ3v) is 4.79. The second kappa shape index (κ2) is 7.39. The molecule has 0 saturated carbocycles. The van der Waals surface area contributed by atoms with Gasteiger partial charge in [0.1, 0.15) is 0 Å². The van der Waals surface area contributed by atoms with Gasteiger partial charge in [0.2, 0.25) is 0 Å². The van der Waals surface area contributed by atoms with Gasteiger partial charge in [-0.3, -0.25) is 4.98 Å². The van der Waals surface area contributed by atoms with Crippen LogP contribution in [0, 0.1) is 0 Å². The summed E-state index contributed by atoms with van der Waals surface area (Å²) in [5.41, 5.74) is 4.34. The van der Waals surface area contributed by atoms with Crippen molar-refractivity contribution in [2.75, 3.05) is 18.5 Å². The molecular formula is C21H17ClN2O3. The number of anilines is 2. The Hall–Kier alpha value is -2.89. The number of aromatic carboxylic acids is 1. The second-order valence-corrected chi connectivity index (χ2v) is 6.67. The smallest absolute Gasteiger partial charge is 0.337 e. The number of pyridine rings is 1. The zero-order valence-electron chi connectivity index (χ0n) is 14.4. The first-order valence-corrected chi connectivity index (χ1v) is 8.96. The average Bonchev–Trinajstić information content (AvgIpc) is 2.69. The van der Waals surface area contributed by atoms with Crippen LogP contribution in [-0.4, -0.2) is 29.3 Å². The summed E-state index contributed by atoms with van der Waals surface area (Å²) in [7, 11) is 0. The van der Waals surface area contributed by atoms with Gasteiger partial charge in [-0.25, -0.2) is 4.79 Å². The maximum Gasteiger partial charge on any atom is 0.337 e. The number of carboxylic acids is 1. The van der Waals surface area contributed by atoms with Crippen LogP contribution in [0.3, 0.4) is 0 Å². The number of aromatic nitrogens is 1. The number of hydrogen-bond donors (Lipinski definition) is 2. The van der Waals surface area contributed by atoms with Crippen LogP contribution in [-0.2, 0) is 4.74 Å². The molecule has 0 atom stereocenters. The van der Waals surface area contributed by atoms with Gasteiger partial charge < -0.3 is 15.2 Å². The predicted molar refractivity (Wildman–Crippen MR) is 107 cm³/mol. The molecule has 2 heterocycles. The van der Waals surface area contributed by atoms with Gasteiger partial charge in [0.05, 0.1) is 35.7 Å². The van der Waals surface area contributed by atoms with E-state index in [1.807, 2.05) is 24.4 Å². The highest BCUT2D eigenvalue weighted by atomic mass is 35.5. The molecule has 27 heavy (non-hydrogen) atoms. The van der Waals surface area contributed by atoms with Crippen molar-refractivity contribution in [1.29, 1.82) is 0 Å². The van der Waals surface area contributed by atoms with Gasteiger partial charge in [0, 0.05) is 22.2 Å². The van der Waals surface area contributed by atoms with Crippen LogP contribution < -0.4 is 5.32 Å². The van der Waals surface area contributed by atoms with Crippen LogP contribution in [0.2, 0.25) is 5.02 Å². The van der Waals surface area contributed by atoms with Crippen molar-refractivity contribution >= 4 is 45.4 Å². The van der Waals surface area contributed by atoms with Gasteiger partial charge in [-0.1, -0.05) is 29.8 Å². The van der Waals surface area contributed by atoms with Crippen molar-refractivity contribution in [3.05, 3.63) is 70.9 Å². The van der Waals surface area contributed by atoms with E-state index in [1.54, 1.807) is 30.3 Å². The summed E-state index contributed by atoms with van der Waals surface area (Å²) >= 11 is 6.23. The first-order valence-electron chi connectivity index (χ1n) is 8.58. The Morgan fingerprint density at radius 2 is 2.07 bits per heavy atom. The lowest BCUT2D eigenvalue weighted by atomic mass is 9.98. The molecule has 1 aromatic heterocycles. The summed E-state index contributed by atoms with van der Waals surface area (Å²) in [5.74, 6) is -0.985. The number of para-hydroxylation sites is 1. The van der Waals surface area contributed by atoms with E-state index in [4.69, 9.17) is 16.3 Å². The van der Waals surface area contributed by atoms with E-state index in [1.165, 1.54) is 0 Å². The fourth-order valence-electron chi connectivity index (χ4n) is 3.23. The Labute approximate surface area is 161 Å². The highest BCUT2D eigenvalue weighted by Crippen LogP contribution is 2.36. The SMILES string of the molecule is O=C(O)c1ccccc1Nc1c(C2=CCOCC2)cnc2ccc(Cl)cc12. The molecule has 1 aliphatic rings. The van der Waals surface area contributed by atoms with Crippen molar-refractivity contribution in [3.8, 4) is 0 Å². The Kier molecular flexibility index (Phi) is 4.79. The van der Waals surface area contributed by atoms with Crippen molar-refractivity contribution in [1.82, 2.24) is 4.98 Å². The monoisotopic (exact) mass is 380 g/mol. The van der Waals surface area contributed by atoms with Crippen LogP contribution in [0.5, 0.6) is 0 Å². The fourth-order valence-corrected chi connectivity index (χ4v) is 3.40. The van der Waals surface area contributed by atoms with Crippen LogP contribution >= 0.6 is 11.6 Å². The highest BCUT2D eigenvalue weighted by Gasteiger charge is 2.17. The summed E-state index contributed by atoms with van der Waals surface area (Å²) in [6.07, 6.45) is 4.62. The maximum absolute atomic E-state index is 11.6. The molecule has 2 aromatic carbocycles. The number of carbonyl (C=O) groups is 1. The quantitative estimate of drug-likeness (QED) is 0.656. The van der Waals surface area contributed by atoms with Crippen molar-refractivity contribution in [3.63, 3.8) is 0 Å². The van der Waals surface area contributed by atoms with Crippen LogP contribution in [0.15, 0.2) is 54.7 Å². The summed E-state index contributed by atoms with van der Waals surface area (Å²) in [5, 5.41) is 14.3. The van der Waals surface area contributed by atoms with Gasteiger partial charge in [0.15, 0.2) is 0 Å². The molecule has 0 bridgehead atoms. The molecule has 3 aromatic rings. The van der Waals surface area contributed by atoms with Gasteiger partial charge in [-0.05, 0) is 42.3 Å². The summed E-state index contributed by atoms with van der Waals surface area (Å²) < 4.78 is 5.42. The van der Waals surface area contributed by atoms with Crippen molar-refractivity contribution < 1.29 is 14.6 Å². The molecule has 0 amide bonds. The minimum atomic E-state index is -0.985. The number of nitrogens with zero attached hydrogens (tertiary/aromatic N) is 1. The van der Waals surface area contributed by atoms with Gasteiger partial charge in [-0.15, -0.1) is 0 Å². The largest absolute Gasteiger partial charge is 0.478 e. The summed E-state index contributed by atoms with van der Waals surface area (Å²) in [4.78, 5) is 16.2. The molecule has 2 N–H and O–H groups in total. The topological polar surface area (TPSA) is 71.5 Å². The van der Waals surface area contributed by atoms with E-state index >= 15 is 0 Å². The number of hydrogen-bond acceptors (Lipinski definition) is 4. The van der Waals surface area contributed by atoms with Crippen LogP contribution in [0.25, 0.3) is 16.5 Å². The van der Waals surface area contributed by atoms with Crippen molar-refractivity contribution in [2.24, 2.45) is 0 Å². The predicted octanol–water partition coefficient (Wildman–Crippen LogP) is 5.13. The summed E-state index contributed by atoms with van der Waals surface area (Å²) in [6.45, 7) is 1.19.